The van der Waals surface area contributed by atoms with Crippen LogP contribution in [0.2, 0.25) is 0 Å². The van der Waals surface area contributed by atoms with E-state index in [4.69, 9.17) is 4.74 Å². The molecule has 4 heteroatoms. The molecule has 0 atom stereocenters. The SMILES string of the molecule is CCNC(=O)c1ccc(OCC2(O)CCC(C)CC2)cc1. The zero-order valence-corrected chi connectivity index (χ0v) is 12.9. The number of rotatable bonds is 5. The third-order valence-corrected chi connectivity index (χ3v) is 4.17. The monoisotopic (exact) mass is 291 g/mol. The van der Waals surface area contributed by atoms with E-state index in [0.29, 0.717) is 30.4 Å². The fourth-order valence-corrected chi connectivity index (χ4v) is 2.63. The first-order valence-electron chi connectivity index (χ1n) is 7.76. The van der Waals surface area contributed by atoms with Crippen LogP contribution in [-0.4, -0.2) is 29.8 Å². The molecule has 1 fully saturated rings. The highest BCUT2D eigenvalue weighted by atomic mass is 16.5. The smallest absolute Gasteiger partial charge is 0.251 e. The molecule has 0 aliphatic heterocycles. The molecule has 1 aliphatic carbocycles. The highest BCUT2D eigenvalue weighted by Crippen LogP contribution is 2.32. The molecule has 2 N–H and O–H groups in total. The number of ether oxygens (including phenoxy) is 1. The summed E-state index contributed by atoms with van der Waals surface area (Å²) in [5.74, 6) is 1.31. The molecule has 0 radical (unpaired) electrons. The number of amides is 1. The Labute approximate surface area is 126 Å². The molecule has 1 aliphatic rings. The molecule has 0 bridgehead atoms. The number of carbonyl (C=O) groups is 1. The van der Waals surface area contributed by atoms with Gasteiger partial charge in [-0.2, -0.15) is 0 Å². The van der Waals surface area contributed by atoms with Crippen LogP contribution in [0.3, 0.4) is 0 Å². The first kappa shape index (κ1) is 15.8. The quantitative estimate of drug-likeness (QED) is 0.877. The molecule has 116 valence electrons. The van der Waals surface area contributed by atoms with E-state index in [0.717, 1.165) is 25.7 Å². The van der Waals surface area contributed by atoms with Crippen molar-refractivity contribution in [3.05, 3.63) is 29.8 Å². The number of hydrogen-bond donors (Lipinski definition) is 2. The van der Waals surface area contributed by atoms with Gasteiger partial charge in [-0.15, -0.1) is 0 Å². The van der Waals surface area contributed by atoms with E-state index in [9.17, 15) is 9.90 Å². The van der Waals surface area contributed by atoms with Gasteiger partial charge in [0.1, 0.15) is 12.4 Å². The first-order chi connectivity index (χ1) is 10.0. The van der Waals surface area contributed by atoms with Crippen LogP contribution in [0, 0.1) is 5.92 Å². The second kappa shape index (κ2) is 6.94. The molecule has 0 unspecified atom stereocenters. The number of aliphatic hydroxyl groups is 1. The maximum Gasteiger partial charge on any atom is 0.251 e. The summed E-state index contributed by atoms with van der Waals surface area (Å²) >= 11 is 0. The van der Waals surface area contributed by atoms with Crippen molar-refractivity contribution in [3.63, 3.8) is 0 Å². The minimum absolute atomic E-state index is 0.0797. The van der Waals surface area contributed by atoms with Crippen molar-refractivity contribution in [3.8, 4) is 5.75 Å². The molecule has 4 nitrogen and oxygen atoms in total. The number of nitrogens with one attached hydrogen (secondary N) is 1. The second-order valence-corrected chi connectivity index (χ2v) is 6.08. The number of hydrogen-bond acceptors (Lipinski definition) is 3. The van der Waals surface area contributed by atoms with E-state index in [-0.39, 0.29) is 5.91 Å². The fraction of sp³-hybridized carbons (Fsp3) is 0.588. The Hall–Kier alpha value is -1.55. The van der Waals surface area contributed by atoms with Crippen LogP contribution in [0.4, 0.5) is 0 Å². The van der Waals surface area contributed by atoms with Gasteiger partial charge in [0.2, 0.25) is 0 Å². The summed E-state index contributed by atoms with van der Waals surface area (Å²) in [7, 11) is 0. The lowest BCUT2D eigenvalue weighted by Crippen LogP contribution is -2.39. The molecule has 1 aromatic rings. The van der Waals surface area contributed by atoms with Gasteiger partial charge in [-0.25, -0.2) is 0 Å². The lowest BCUT2D eigenvalue weighted by atomic mass is 9.80. The van der Waals surface area contributed by atoms with E-state index in [1.807, 2.05) is 6.92 Å². The topological polar surface area (TPSA) is 58.6 Å². The molecular formula is C17H25NO3. The number of carbonyl (C=O) groups excluding carboxylic acids is 1. The summed E-state index contributed by atoms with van der Waals surface area (Å²) in [5.41, 5.74) is -0.0838. The van der Waals surface area contributed by atoms with Crippen LogP contribution in [0.15, 0.2) is 24.3 Å². The summed E-state index contributed by atoms with van der Waals surface area (Å²) in [6.45, 7) is 5.05. The molecule has 0 spiro atoms. The molecule has 0 aromatic heterocycles. The first-order valence-corrected chi connectivity index (χ1v) is 7.76. The lowest BCUT2D eigenvalue weighted by molar-refractivity contribution is -0.0424. The van der Waals surface area contributed by atoms with Gasteiger partial charge in [-0.3, -0.25) is 4.79 Å². The zero-order valence-electron chi connectivity index (χ0n) is 12.9. The second-order valence-electron chi connectivity index (χ2n) is 6.08. The van der Waals surface area contributed by atoms with E-state index in [1.54, 1.807) is 24.3 Å². The highest BCUT2D eigenvalue weighted by Gasteiger charge is 2.32. The summed E-state index contributed by atoms with van der Waals surface area (Å²) in [5, 5.41) is 13.2. The summed E-state index contributed by atoms with van der Waals surface area (Å²) < 4.78 is 5.70. The molecule has 0 saturated heterocycles. The van der Waals surface area contributed by atoms with Gasteiger partial charge in [0.25, 0.3) is 5.91 Å². The Morgan fingerprint density at radius 1 is 1.33 bits per heavy atom. The predicted molar refractivity (Wildman–Crippen MR) is 82.5 cm³/mol. The van der Waals surface area contributed by atoms with E-state index < -0.39 is 5.60 Å². The van der Waals surface area contributed by atoms with Crippen molar-refractivity contribution in [2.24, 2.45) is 5.92 Å². The average molecular weight is 291 g/mol. The molecule has 1 amide bonds. The average Bonchev–Trinajstić information content (AvgIpc) is 2.49. The van der Waals surface area contributed by atoms with Gasteiger partial charge in [0.05, 0.1) is 5.60 Å². The van der Waals surface area contributed by atoms with Crippen LogP contribution in [0.25, 0.3) is 0 Å². The van der Waals surface area contributed by atoms with E-state index in [2.05, 4.69) is 12.2 Å². The Morgan fingerprint density at radius 3 is 2.52 bits per heavy atom. The van der Waals surface area contributed by atoms with Crippen LogP contribution >= 0.6 is 0 Å². The molecule has 2 rings (SSSR count). The molecule has 1 aromatic carbocycles. The normalized spacial score (nSPS) is 25.4. The Balaban J connectivity index is 1.87. The van der Waals surface area contributed by atoms with Crippen molar-refractivity contribution >= 4 is 5.91 Å². The Morgan fingerprint density at radius 2 is 1.95 bits per heavy atom. The largest absolute Gasteiger partial charge is 0.491 e. The predicted octanol–water partition coefficient (Wildman–Crippen LogP) is 2.76. The van der Waals surface area contributed by atoms with Crippen molar-refractivity contribution in [1.29, 1.82) is 0 Å². The van der Waals surface area contributed by atoms with Gasteiger partial charge in [-0.05, 0) is 62.8 Å². The minimum atomic E-state index is -0.704. The minimum Gasteiger partial charge on any atom is -0.491 e. The van der Waals surface area contributed by atoms with E-state index in [1.165, 1.54) is 0 Å². The van der Waals surface area contributed by atoms with Crippen LogP contribution in [-0.2, 0) is 0 Å². The third-order valence-electron chi connectivity index (χ3n) is 4.17. The standard InChI is InChI=1S/C17H25NO3/c1-3-18-16(19)14-4-6-15(7-5-14)21-12-17(20)10-8-13(2)9-11-17/h4-7,13,20H,3,8-12H2,1-2H3,(H,18,19). The lowest BCUT2D eigenvalue weighted by Gasteiger charge is -2.34. The third kappa shape index (κ3) is 4.46. The molecule has 0 heterocycles. The van der Waals surface area contributed by atoms with Crippen molar-refractivity contribution in [2.45, 2.75) is 45.1 Å². The zero-order chi connectivity index (χ0) is 15.3. The van der Waals surface area contributed by atoms with Gasteiger partial charge in [-0.1, -0.05) is 6.92 Å². The summed E-state index contributed by atoms with van der Waals surface area (Å²) in [4.78, 5) is 11.7. The number of benzene rings is 1. The van der Waals surface area contributed by atoms with Gasteiger partial charge in [0.15, 0.2) is 0 Å². The Bertz CT molecular complexity index is 461. The van der Waals surface area contributed by atoms with Gasteiger partial charge < -0.3 is 15.2 Å². The fourth-order valence-electron chi connectivity index (χ4n) is 2.63. The Kier molecular flexibility index (Phi) is 5.23. The van der Waals surface area contributed by atoms with Crippen molar-refractivity contribution in [2.75, 3.05) is 13.2 Å². The highest BCUT2D eigenvalue weighted by molar-refractivity contribution is 5.94. The van der Waals surface area contributed by atoms with Crippen molar-refractivity contribution in [1.82, 2.24) is 5.32 Å². The maximum atomic E-state index is 11.7. The van der Waals surface area contributed by atoms with E-state index >= 15 is 0 Å². The van der Waals surface area contributed by atoms with Crippen molar-refractivity contribution < 1.29 is 14.6 Å². The summed E-state index contributed by atoms with van der Waals surface area (Å²) in [6, 6.07) is 7.04. The molecule has 21 heavy (non-hydrogen) atoms. The van der Waals surface area contributed by atoms with Gasteiger partial charge >= 0.3 is 0 Å². The molecular weight excluding hydrogens is 266 g/mol. The van der Waals surface area contributed by atoms with Crippen LogP contribution in [0.5, 0.6) is 5.75 Å². The van der Waals surface area contributed by atoms with Crippen LogP contribution in [0.1, 0.15) is 49.9 Å². The van der Waals surface area contributed by atoms with Gasteiger partial charge in [0, 0.05) is 12.1 Å². The van der Waals surface area contributed by atoms with Crippen LogP contribution < -0.4 is 10.1 Å². The molecule has 1 saturated carbocycles. The maximum absolute atomic E-state index is 11.7. The summed E-state index contributed by atoms with van der Waals surface area (Å²) in [6.07, 6.45) is 3.70.